The molecule has 0 atom stereocenters. The Morgan fingerprint density at radius 1 is 1.22 bits per heavy atom. The predicted molar refractivity (Wildman–Crippen MR) is 88.9 cm³/mol. The lowest BCUT2D eigenvalue weighted by Crippen LogP contribution is -2.38. The fourth-order valence-corrected chi connectivity index (χ4v) is 3.77. The van der Waals surface area contributed by atoms with Crippen LogP contribution in [-0.4, -0.2) is 49.1 Å². The minimum Gasteiger partial charge on any atom is -0.497 e. The van der Waals surface area contributed by atoms with Crippen molar-refractivity contribution >= 4 is 11.0 Å². The van der Waals surface area contributed by atoms with Gasteiger partial charge in [0.15, 0.2) is 5.43 Å². The van der Waals surface area contributed by atoms with Crippen molar-refractivity contribution in [2.45, 2.75) is 25.4 Å². The molecule has 0 unspecified atom stereocenters. The molecule has 2 bridgehead atoms. The lowest BCUT2D eigenvalue weighted by Gasteiger charge is -2.31. The highest BCUT2D eigenvalue weighted by Gasteiger charge is 2.29. The van der Waals surface area contributed by atoms with Crippen LogP contribution in [-0.2, 0) is 6.54 Å². The summed E-state index contributed by atoms with van der Waals surface area (Å²) in [5.41, 5.74) is 1.41. The maximum atomic E-state index is 12.8. The fraction of sp³-hybridized carbons (Fsp3) is 0.500. The second kappa shape index (κ2) is 5.98. The van der Waals surface area contributed by atoms with Gasteiger partial charge >= 0.3 is 0 Å². The molecule has 3 fully saturated rings. The molecule has 4 heterocycles. The van der Waals surface area contributed by atoms with Crippen molar-refractivity contribution < 1.29 is 9.15 Å². The third-order valence-corrected chi connectivity index (χ3v) is 5.20. The van der Waals surface area contributed by atoms with E-state index in [1.807, 2.05) is 6.07 Å². The zero-order chi connectivity index (χ0) is 15.8. The molecule has 0 N–H and O–H groups in total. The molecule has 3 saturated heterocycles. The molecule has 5 nitrogen and oxygen atoms in total. The molecule has 23 heavy (non-hydrogen) atoms. The number of hydrogen-bond donors (Lipinski definition) is 0. The summed E-state index contributed by atoms with van der Waals surface area (Å²) in [4.78, 5) is 17.7. The topological polar surface area (TPSA) is 45.9 Å². The first kappa shape index (κ1) is 14.7. The first-order valence-corrected chi connectivity index (χ1v) is 8.29. The van der Waals surface area contributed by atoms with Crippen molar-refractivity contribution in [2.24, 2.45) is 0 Å². The van der Waals surface area contributed by atoms with Gasteiger partial charge in [0.25, 0.3) is 0 Å². The number of fused-ring (bicyclic) bond motifs is 5. The van der Waals surface area contributed by atoms with Gasteiger partial charge in [0.1, 0.15) is 11.3 Å². The Morgan fingerprint density at radius 2 is 2.04 bits per heavy atom. The van der Waals surface area contributed by atoms with Crippen molar-refractivity contribution in [2.75, 3.05) is 33.3 Å². The van der Waals surface area contributed by atoms with E-state index in [-0.39, 0.29) is 5.43 Å². The maximum Gasteiger partial charge on any atom is 0.197 e. The van der Waals surface area contributed by atoms with Crippen LogP contribution in [0.2, 0.25) is 0 Å². The molecule has 5 heteroatoms. The van der Waals surface area contributed by atoms with Crippen molar-refractivity contribution in [3.8, 4) is 5.75 Å². The average Bonchev–Trinajstić information content (AvgIpc) is 2.90. The van der Waals surface area contributed by atoms with Crippen LogP contribution in [0.15, 0.2) is 33.7 Å². The summed E-state index contributed by atoms with van der Waals surface area (Å²) in [7, 11) is 1.61. The minimum absolute atomic E-state index is 0.0769. The SMILES string of the molecule is COc1ccc2c(=O)c(CN3CCN4CCC3CC4)coc2c1. The van der Waals surface area contributed by atoms with E-state index in [1.54, 1.807) is 25.5 Å². The second-order valence-electron chi connectivity index (χ2n) is 6.50. The fourth-order valence-electron chi connectivity index (χ4n) is 3.77. The van der Waals surface area contributed by atoms with Gasteiger partial charge in [0, 0.05) is 37.3 Å². The van der Waals surface area contributed by atoms with Gasteiger partial charge in [-0.3, -0.25) is 9.69 Å². The highest BCUT2D eigenvalue weighted by Crippen LogP contribution is 2.23. The smallest absolute Gasteiger partial charge is 0.197 e. The van der Waals surface area contributed by atoms with Gasteiger partial charge in [-0.1, -0.05) is 0 Å². The lowest BCUT2D eigenvalue weighted by molar-refractivity contribution is 0.175. The van der Waals surface area contributed by atoms with Gasteiger partial charge in [0.05, 0.1) is 18.8 Å². The number of rotatable bonds is 3. The first-order chi connectivity index (χ1) is 11.2. The molecular weight excluding hydrogens is 292 g/mol. The highest BCUT2D eigenvalue weighted by molar-refractivity contribution is 5.78. The number of hydrogen-bond acceptors (Lipinski definition) is 5. The third-order valence-electron chi connectivity index (χ3n) is 5.20. The van der Waals surface area contributed by atoms with Gasteiger partial charge in [-0.2, -0.15) is 0 Å². The first-order valence-electron chi connectivity index (χ1n) is 8.29. The Bertz CT molecular complexity index is 762. The molecule has 0 saturated carbocycles. The molecule has 1 aromatic heterocycles. The Balaban J connectivity index is 1.64. The second-order valence-corrected chi connectivity index (χ2v) is 6.50. The van der Waals surface area contributed by atoms with Crippen LogP contribution in [0, 0.1) is 0 Å². The molecule has 2 aromatic rings. The quantitative estimate of drug-likeness (QED) is 0.868. The normalized spacial score (nSPS) is 24.7. The van der Waals surface area contributed by atoms with Crippen LogP contribution < -0.4 is 10.2 Å². The summed E-state index contributed by atoms with van der Waals surface area (Å²) in [6.07, 6.45) is 4.04. The molecule has 3 aliphatic heterocycles. The van der Waals surface area contributed by atoms with Gasteiger partial charge in [-0.15, -0.1) is 0 Å². The summed E-state index contributed by atoms with van der Waals surface area (Å²) in [5.74, 6) is 0.701. The highest BCUT2D eigenvalue weighted by atomic mass is 16.5. The van der Waals surface area contributed by atoms with Crippen molar-refractivity contribution in [3.05, 3.63) is 40.2 Å². The zero-order valence-electron chi connectivity index (χ0n) is 13.5. The van der Waals surface area contributed by atoms with Crippen molar-refractivity contribution in [3.63, 3.8) is 0 Å². The molecule has 122 valence electrons. The van der Waals surface area contributed by atoms with Gasteiger partial charge in [-0.05, 0) is 38.1 Å². The standard InChI is InChI=1S/C18H22N2O3/c1-22-15-2-3-16-17(10-15)23-12-13(18(16)21)11-20-9-8-19-6-4-14(20)5-7-19/h2-3,10,12,14H,4-9,11H2,1H3. The summed E-state index contributed by atoms with van der Waals surface area (Å²) in [6, 6.07) is 5.97. The molecular formula is C18H22N2O3. The zero-order valence-corrected chi connectivity index (χ0v) is 13.5. The van der Waals surface area contributed by atoms with Crippen molar-refractivity contribution in [1.29, 1.82) is 0 Å². The number of nitrogens with zero attached hydrogens (tertiary/aromatic N) is 2. The molecule has 0 radical (unpaired) electrons. The number of methoxy groups -OCH3 is 1. The Kier molecular flexibility index (Phi) is 3.83. The molecule has 0 amide bonds. The molecule has 5 rings (SSSR count). The predicted octanol–water partition coefficient (Wildman–Crippen LogP) is 2.08. The van der Waals surface area contributed by atoms with E-state index < -0.39 is 0 Å². The third kappa shape index (κ3) is 2.75. The Labute approximate surface area is 135 Å². The van der Waals surface area contributed by atoms with E-state index in [2.05, 4.69) is 9.80 Å². The minimum atomic E-state index is 0.0769. The largest absolute Gasteiger partial charge is 0.497 e. The number of piperidine rings is 1. The molecule has 0 aliphatic carbocycles. The van der Waals surface area contributed by atoms with Gasteiger partial charge < -0.3 is 14.1 Å². The van der Waals surface area contributed by atoms with E-state index in [0.717, 1.165) is 18.7 Å². The summed E-state index contributed by atoms with van der Waals surface area (Å²) >= 11 is 0. The Morgan fingerprint density at radius 3 is 2.83 bits per heavy atom. The van der Waals surface area contributed by atoms with Crippen molar-refractivity contribution in [1.82, 2.24) is 9.80 Å². The van der Waals surface area contributed by atoms with E-state index >= 15 is 0 Å². The van der Waals surface area contributed by atoms with Crippen LogP contribution in [0.4, 0.5) is 0 Å². The van der Waals surface area contributed by atoms with Gasteiger partial charge in [0.2, 0.25) is 0 Å². The van der Waals surface area contributed by atoms with Crippen LogP contribution in [0.1, 0.15) is 18.4 Å². The maximum absolute atomic E-state index is 12.8. The van der Waals surface area contributed by atoms with Crippen LogP contribution in [0.25, 0.3) is 11.0 Å². The summed E-state index contributed by atoms with van der Waals surface area (Å²) < 4.78 is 10.9. The van der Waals surface area contributed by atoms with Crippen LogP contribution in [0.3, 0.4) is 0 Å². The van der Waals surface area contributed by atoms with E-state index in [4.69, 9.17) is 9.15 Å². The van der Waals surface area contributed by atoms with Crippen LogP contribution in [0.5, 0.6) is 5.75 Å². The number of ether oxygens (including phenoxy) is 1. The average molecular weight is 314 g/mol. The van der Waals surface area contributed by atoms with E-state index in [0.29, 0.717) is 29.3 Å². The number of benzene rings is 1. The van der Waals surface area contributed by atoms with Gasteiger partial charge in [-0.25, -0.2) is 0 Å². The summed E-state index contributed by atoms with van der Waals surface area (Å²) in [5, 5.41) is 0.631. The van der Waals surface area contributed by atoms with E-state index in [1.165, 1.54) is 25.9 Å². The van der Waals surface area contributed by atoms with Crippen LogP contribution >= 0.6 is 0 Å². The van der Waals surface area contributed by atoms with E-state index in [9.17, 15) is 4.79 Å². The molecule has 0 spiro atoms. The molecule has 3 aliphatic rings. The lowest BCUT2D eigenvalue weighted by atomic mass is 10.0. The monoisotopic (exact) mass is 314 g/mol. The molecule has 1 aromatic carbocycles. The summed E-state index contributed by atoms with van der Waals surface area (Å²) in [6.45, 7) is 5.20. The Hall–Kier alpha value is -1.85.